The summed E-state index contributed by atoms with van der Waals surface area (Å²) in [5, 5.41) is 3.97. The molecule has 0 aliphatic carbocycles. The zero-order chi connectivity index (χ0) is 15.9. The highest BCUT2D eigenvalue weighted by atomic mass is 16.5. The molecule has 1 amide bonds. The third kappa shape index (κ3) is 3.63. The van der Waals surface area contributed by atoms with E-state index in [0.29, 0.717) is 17.1 Å². The highest BCUT2D eigenvalue weighted by Crippen LogP contribution is 2.26. The van der Waals surface area contributed by atoms with Crippen LogP contribution < -0.4 is 14.9 Å². The van der Waals surface area contributed by atoms with Crippen LogP contribution in [0.15, 0.2) is 47.6 Å². The molecule has 5 nitrogen and oxygen atoms in total. The van der Waals surface area contributed by atoms with Crippen LogP contribution in [0.1, 0.15) is 21.5 Å². The fourth-order valence-corrected chi connectivity index (χ4v) is 1.99. The van der Waals surface area contributed by atoms with Gasteiger partial charge in [-0.25, -0.2) is 5.43 Å². The van der Waals surface area contributed by atoms with Crippen LogP contribution in [0, 0.1) is 6.92 Å². The number of hydrogen-bond donors (Lipinski definition) is 1. The minimum atomic E-state index is -0.241. The van der Waals surface area contributed by atoms with Gasteiger partial charge in [0.1, 0.15) is 0 Å². The van der Waals surface area contributed by atoms with Gasteiger partial charge >= 0.3 is 0 Å². The van der Waals surface area contributed by atoms with E-state index in [1.807, 2.05) is 31.2 Å². The third-order valence-electron chi connectivity index (χ3n) is 3.18. The van der Waals surface area contributed by atoms with Crippen LogP contribution >= 0.6 is 0 Å². The SMILES string of the molecule is COc1ccc(/C=N/NC(=O)c2ccccc2C)cc1OC. The summed E-state index contributed by atoms with van der Waals surface area (Å²) in [7, 11) is 3.15. The topological polar surface area (TPSA) is 59.9 Å². The van der Waals surface area contributed by atoms with Gasteiger partial charge in [0.05, 0.1) is 20.4 Å². The van der Waals surface area contributed by atoms with Crippen molar-refractivity contribution < 1.29 is 14.3 Å². The summed E-state index contributed by atoms with van der Waals surface area (Å²) in [5.41, 5.74) is 4.81. The summed E-state index contributed by atoms with van der Waals surface area (Å²) >= 11 is 0. The van der Waals surface area contributed by atoms with Gasteiger partial charge in [-0.3, -0.25) is 4.79 Å². The Morgan fingerprint density at radius 3 is 2.50 bits per heavy atom. The molecule has 2 rings (SSSR count). The van der Waals surface area contributed by atoms with E-state index >= 15 is 0 Å². The number of carbonyl (C=O) groups is 1. The van der Waals surface area contributed by atoms with Gasteiger partial charge in [0.15, 0.2) is 11.5 Å². The molecule has 1 N–H and O–H groups in total. The van der Waals surface area contributed by atoms with Gasteiger partial charge in [0, 0.05) is 5.56 Å². The molecule has 0 unspecified atom stereocenters. The van der Waals surface area contributed by atoms with Gasteiger partial charge in [-0.1, -0.05) is 18.2 Å². The average Bonchev–Trinajstić information content (AvgIpc) is 2.55. The fraction of sp³-hybridized carbons (Fsp3) is 0.176. The van der Waals surface area contributed by atoms with E-state index in [9.17, 15) is 4.79 Å². The lowest BCUT2D eigenvalue weighted by Crippen LogP contribution is -2.18. The number of carbonyl (C=O) groups excluding carboxylic acids is 1. The highest BCUT2D eigenvalue weighted by Gasteiger charge is 2.06. The Bertz CT molecular complexity index is 696. The summed E-state index contributed by atoms with van der Waals surface area (Å²) in [6, 6.07) is 12.7. The number of methoxy groups -OCH3 is 2. The van der Waals surface area contributed by atoms with E-state index in [4.69, 9.17) is 9.47 Å². The average molecular weight is 298 g/mol. The molecule has 0 saturated heterocycles. The molecule has 0 fully saturated rings. The van der Waals surface area contributed by atoms with Crippen molar-refractivity contribution in [3.8, 4) is 11.5 Å². The lowest BCUT2D eigenvalue weighted by Gasteiger charge is -2.07. The van der Waals surface area contributed by atoms with Crippen molar-refractivity contribution in [3.63, 3.8) is 0 Å². The summed E-state index contributed by atoms with van der Waals surface area (Å²) in [6.45, 7) is 1.88. The lowest BCUT2D eigenvalue weighted by atomic mass is 10.1. The number of ether oxygens (including phenoxy) is 2. The summed E-state index contributed by atoms with van der Waals surface area (Å²) in [6.07, 6.45) is 1.55. The lowest BCUT2D eigenvalue weighted by molar-refractivity contribution is 0.0954. The first-order chi connectivity index (χ1) is 10.7. The smallest absolute Gasteiger partial charge is 0.271 e. The van der Waals surface area contributed by atoms with Gasteiger partial charge in [0.25, 0.3) is 5.91 Å². The maximum absolute atomic E-state index is 12.0. The number of benzene rings is 2. The number of hydrazone groups is 1. The number of rotatable bonds is 5. The van der Waals surface area contributed by atoms with E-state index in [-0.39, 0.29) is 5.91 Å². The zero-order valence-corrected chi connectivity index (χ0v) is 12.8. The Kier molecular flexibility index (Phi) is 5.14. The maximum Gasteiger partial charge on any atom is 0.271 e. The first-order valence-corrected chi connectivity index (χ1v) is 6.76. The molecule has 0 spiro atoms. The Morgan fingerprint density at radius 1 is 1.09 bits per heavy atom. The molecule has 0 aliphatic rings. The third-order valence-corrected chi connectivity index (χ3v) is 3.18. The fourth-order valence-electron chi connectivity index (χ4n) is 1.99. The van der Waals surface area contributed by atoms with E-state index < -0.39 is 0 Å². The molecular weight excluding hydrogens is 280 g/mol. The normalized spacial score (nSPS) is 10.5. The van der Waals surface area contributed by atoms with Crippen LogP contribution in [-0.2, 0) is 0 Å². The largest absolute Gasteiger partial charge is 0.493 e. The second kappa shape index (κ2) is 7.26. The molecule has 0 radical (unpaired) electrons. The van der Waals surface area contributed by atoms with E-state index in [1.165, 1.54) is 0 Å². The molecule has 0 aliphatic heterocycles. The Morgan fingerprint density at radius 2 is 1.82 bits per heavy atom. The molecule has 0 bridgehead atoms. The number of aryl methyl sites for hydroxylation is 1. The first-order valence-electron chi connectivity index (χ1n) is 6.76. The second-order valence-electron chi connectivity index (χ2n) is 4.63. The van der Waals surface area contributed by atoms with Crippen LogP contribution in [0.3, 0.4) is 0 Å². The minimum Gasteiger partial charge on any atom is -0.493 e. The van der Waals surface area contributed by atoms with Gasteiger partial charge in [0.2, 0.25) is 0 Å². The first kappa shape index (κ1) is 15.6. The Hall–Kier alpha value is -2.82. The molecule has 2 aromatic carbocycles. The van der Waals surface area contributed by atoms with Gasteiger partial charge in [-0.2, -0.15) is 5.10 Å². The highest BCUT2D eigenvalue weighted by molar-refractivity contribution is 5.96. The second-order valence-corrected chi connectivity index (χ2v) is 4.63. The van der Waals surface area contributed by atoms with E-state index in [2.05, 4.69) is 10.5 Å². The molecule has 5 heteroatoms. The molecule has 0 heterocycles. The summed E-state index contributed by atoms with van der Waals surface area (Å²) < 4.78 is 10.4. The molecule has 0 saturated carbocycles. The summed E-state index contributed by atoms with van der Waals surface area (Å²) in [5.74, 6) is 1.01. The number of amides is 1. The van der Waals surface area contributed by atoms with Crippen LogP contribution in [0.4, 0.5) is 0 Å². The van der Waals surface area contributed by atoms with E-state index in [1.54, 1.807) is 38.6 Å². The van der Waals surface area contributed by atoms with Crippen molar-refractivity contribution in [2.75, 3.05) is 14.2 Å². The van der Waals surface area contributed by atoms with Crippen LogP contribution in [0.5, 0.6) is 11.5 Å². The van der Waals surface area contributed by atoms with Crippen molar-refractivity contribution in [2.24, 2.45) is 5.10 Å². The molecular formula is C17H18N2O3. The van der Waals surface area contributed by atoms with Crippen molar-refractivity contribution in [1.29, 1.82) is 0 Å². The molecule has 0 aromatic heterocycles. The van der Waals surface area contributed by atoms with Crippen LogP contribution in [0.25, 0.3) is 0 Å². The molecule has 22 heavy (non-hydrogen) atoms. The van der Waals surface area contributed by atoms with Crippen LogP contribution in [0.2, 0.25) is 0 Å². The Labute approximate surface area is 129 Å². The Balaban J connectivity index is 2.07. The van der Waals surface area contributed by atoms with Crippen molar-refractivity contribution in [1.82, 2.24) is 5.43 Å². The number of hydrogen-bond acceptors (Lipinski definition) is 4. The van der Waals surface area contributed by atoms with Crippen molar-refractivity contribution in [2.45, 2.75) is 6.92 Å². The van der Waals surface area contributed by atoms with Gasteiger partial charge < -0.3 is 9.47 Å². The predicted molar refractivity (Wildman–Crippen MR) is 85.8 cm³/mol. The maximum atomic E-state index is 12.0. The number of nitrogens with zero attached hydrogens (tertiary/aromatic N) is 1. The number of nitrogens with one attached hydrogen (secondary N) is 1. The summed E-state index contributed by atoms with van der Waals surface area (Å²) in [4.78, 5) is 12.0. The van der Waals surface area contributed by atoms with E-state index in [0.717, 1.165) is 11.1 Å². The van der Waals surface area contributed by atoms with Crippen molar-refractivity contribution >= 4 is 12.1 Å². The van der Waals surface area contributed by atoms with Crippen molar-refractivity contribution in [3.05, 3.63) is 59.2 Å². The van der Waals surface area contributed by atoms with Gasteiger partial charge in [-0.15, -0.1) is 0 Å². The quantitative estimate of drug-likeness (QED) is 0.682. The zero-order valence-electron chi connectivity index (χ0n) is 12.8. The van der Waals surface area contributed by atoms with Crippen LogP contribution in [-0.4, -0.2) is 26.3 Å². The predicted octanol–water partition coefficient (Wildman–Crippen LogP) is 2.78. The molecule has 2 aromatic rings. The minimum absolute atomic E-state index is 0.241. The monoisotopic (exact) mass is 298 g/mol. The molecule has 0 atom stereocenters. The molecule has 114 valence electrons. The standard InChI is InChI=1S/C17H18N2O3/c1-12-6-4-5-7-14(12)17(20)19-18-11-13-8-9-15(21-2)16(10-13)22-3/h4-11H,1-3H3,(H,19,20)/b18-11+. The van der Waals surface area contributed by atoms with Gasteiger partial charge in [-0.05, 0) is 42.3 Å².